The van der Waals surface area contributed by atoms with Crippen LogP contribution in [0.1, 0.15) is 38.7 Å². The molecule has 1 N–H and O–H groups in total. The topological polar surface area (TPSA) is 29.1 Å². The monoisotopic (exact) mass is 327 g/mol. The van der Waals surface area contributed by atoms with Crippen LogP contribution >= 0.6 is 12.2 Å². The molecular weight excluding hydrogens is 302 g/mol. The average Bonchev–Trinajstić information content (AvgIpc) is 2.54. The maximum atomic E-state index is 12.2. The number of hydrogen-bond donors (Lipinski definition) is 1. The van der Waals surface area contributed by atoms with Crippen molar-refractivity contribution >= 4 is 22.9 Å². The lowest BCUT2D eigenvalue weighted by atomic mass is 9.94. The van der Waals surface area contributed by atoms with Crippen LogP contribution in [0.15, 0.2) is 54.1 Å². The Morgan fingerprint density at radius 2 is 2.00 bits per heavy atom. The number of benzene rings is 1. The Morgan fingerprint density at radius 1 is 1.26 bits per heavy atom. The summed E-state index contributed by atoms with van der Waals surface area (Å²) in [7, 11) is 0. The van der Waals surface area contributed by atoms with Crippen LogP contribution in [0.4, 0.5) is 0 Å². The van der Waals surface area contributed by atoms with Gasteiger partial charge in [0.25, 0.3) is 0 Å². The molecule has 1 aromatic carbocycles. The summed E-state index contributed by atoms with van der Waals surface area (Å²) in [6, 6.07) is 10.5. The Kier molecular flexibility index (Phi) is 6.43. The molecule has 0 aliphatic heterocycles. The molecule has 23 heavy (non-hydrogen) atoms. The molecule has 2 nitrogen and oxygen atoms in total. The van der Waals surface area contributed by atoms with Crippen LogP contribution in [0.25, 0.3) is 0 Å². The van der Waals surface area contributed by atoms with Gasteiger partial charge in [-0.15, -0.1) is 0 Å². The lowest BCUT2D eigenvalue weighted by Gasteiger charge is -2.26. The predicted molar refractivity (Wildman–Crippen MR) is 101 cm³/mol. The smallest absolute Gasteiger partial charge is 0.164 e. The largest absolute Gasteiger partial charge is 0.311 e. The molecule has 0 amide bonds. The van der Waals surface area contributed by atoms with Crippen molar-refractivity contribution in [1.82, 2.24) is 5.32 Å². The first-order valence-electron chi connectivity index (χ1n) is 8.19. The van der Waals surface area contributed by atoms with Gasteiger partial charge in [-0.1, -0.05) is 54.7 Å². The van der Waals surface area contributed by atoms with Gasteiger partial charge < -0.3 is 5.32 Å². The maximum absolute atomic E-state index is 12.2. The highest BCUT2D eigenvalue weighted by Gasteiger charge is 2.18. The predicted octanol–water partition coefficient (Wildman–Crippen LogP) is 4.20. The third-order valence-corrected chi connectivity index (χ3v) is 4.38. The first-order chi connectivity index (χ1) is 11.0. The van der Waals surface area contributed by atoms with Gasteiger partial charge in [-0.3, -0.25) is 4.79 Å². The summed E-state index contributed by atoms with van der Waals surface area (Å²) in [5.41, 5.74) is 2.11. The first kappa shape index (κ1) is 17.8. The molecule has 0 unspecified atom stereocenters. The lowest BCUT2D eigenvalue weighted by Crippen LogP contribution is -2.40. The van der Waals surface area contributed by atoms with E-state index in [0.717, 1.165) is 29.7 Å². The number of carbonyl (C=O) groups excluding carboxylic acids is 1. The standard InChI is InChI=1S/C20H25NOS/c1-20(2,13-11-16-7-4-3-5-8-16)21-14-12-19(22)17-9-6-10-18(23)15-17/h3-9,15,21H,10-14H2,1-2H3. The molecule has 1 aliphatic rings. The molecule has 1 aliphatic carbocycles. The third-order valence-electron chi connectivity index (χ3n) is 4.09. The lowest BCUT2D eigenvalue weighted by molar-refractivity contribution is -0.115. The molecule has 0 bridgehead atoms. The molecule has 0 aromatic heterocycles. The fourth-order valence-corrected chi connectivity index (χ4v) is 2.83. The van der Waals surface area contributed by atoms with Crippen molar-refractivity contribution in [3.05, 3.63) is 59.7 Å². The van der Waals surface area contributed by atoms with Crippen molar-refractivity contribution in [3.63, 3.8) is 0 Å². The van der Waals surface area contributed by atoms with Crippen LogP contribution in [0.5, 0.6) is 0 Å². The van der Waals surface area contributed by atoms with E-state index in [2.05, 4.69) is 43.4 Å². The number of carbonyl (C=O) groups is 1. The van der Waals surface area contributed by atoms with E-state index >= 15 is 0 Å². The molecule has 0 radical (unpaired) electrons. The minimum atomic E-state index is 0.0161. The van der Waals surface area contributed by atoms with E-state index in [1.54, 1.807) is 0 Å². The van der Waals surface area contributed by atoms with Crippen molar-refractivity contribution in [2.75, 3.05) is 6.54 Å². The van der Waals surface area contributed by atoms with Crippen molar-refractivity contribution in [2.45, 2.75) is 45.1 Å². The summed E-state index contributed by atoms with van der Waals surface area (Å²) in [5, 5.41) is 3.51. The second-order valence-corrected chi connectivity index (χ2v) is 7.17. The maximum Gasteiger partial charge on any atom is 0.164 e. The van der Waals surface area contributed by atoms with Crippen LogP contribution in [0.2, 0.25) is 0 Å². The Balaban J connectivity index is 1.75. The van der Waals surface area contributed by atoms with Gasteiger partial charge in [-0.05, 0) is 38.3 Å². The van der Waals surface area contributed by atoms with E-state index in [9.17, 15) is 4.79 Å². The zero-order valence-electron chi connectivity index (χ0n) is 14.0. The Hall–Kier alpha value is -1.58. The molecule has 1 aromatic rings. The molecule has 2 rings (SSSR count). The minimum Gasteiger partial charge on any atom is -0.311 e. The van der Waals surface area contributed by atoms with Gasteiger partial charge in [0.1, 0.15) is 0 Å². The first-order valence-corrected chi connectivity index (χ1v) is 8.60. The van der Waals surface area contributed by atoms with Crippen molar-refractivity contribution < 1.29 is 4.79 Å². The molecule has 122 valence electrons. The molecule has 0 saturated carbocycles. The summed E-state index contributed by atoms with van der Waals surface area (Å²) in [4.78, 5) is 13.0. The van der Waals surface area contributed by atoms with Gasteiger partial charge in [0.05, 0.1) is 0 Å². The van der Waals surface area contributed by atoms with E-state index in [1.165, 1.54) is 5.56 Å². The summed E-state index contributed by atoms with van der Waals surface area (Å²) >= 11 is 5.16. The Labute approximate surface area is 144 Å². The third kappa shape index (κ3) is 6.20. The number of aryl methyl sites for hydroxylation is 1. The fraction of sp³-hybridized carbons (Fsp3) is 0.400. The molecule has 0 fully saturated rings. The van der Waals surface area contributed by atoms with E-state index in [4.69, 9.17) is 12.2 Å². The highest BCUT2D eigenvalue weighted by molar-refractivity contribution is 7.80. The second-order valence-electron chi connectivity index (χ2n) is 6.64. The van der Waals surface area contributed by atoms with Gasteiger partial charge in [0.15, 0.2) is 5.78 Å². The number of nitrogens with one attached hydrogen (secondary N) is 1. The normalized spacial score (nSPS) is 14.7. The molecule has 0 atom stereocenters. The molecule has 0 saturated heterocycles. The van der Waals surface area contributed by atoms with Crippen molar-refractivity contribution in [1.29, 1.82) is 0 Å². The van der Waals surface area contributed by atoms with Gasteiger partial charge in [0.2, 0.25) is 0 Å². The SMILES string of the molecule is CC(C)(CCc1ccccc1)NCCC(=O)C1=CC(=S)CC=C1. The average molecular weight is 327 g/mol. The number of Topliss-reactive ketones (excluding diaryl/α,β-unsaturated/α-hetero) is 1. The van der Waals surface area contributed by atoms with Crippen LogP contribution in [0.3, 0.4) is 0 Å². The zero-order chi connectivity index (χ0) is 16.7. The van der Waals surface area contributed by atoms with Gasteiger partial charge >= 0.3 is 0 Å². The van der Waals surface area contributed by atoms with E-state index in [0.29, 0.717) is 13.0 Å². The van der Waals surface area contributed by atoms with Gasteiger partial charge in [-0.2, -0.15) is 0 Å². The molecular formula is C20H25NOS. The number of rotatable bonds is 8. The van der Waals surface area contributed by atoms with E-state index in [1.807, 2.05) is 24.3 Å². The van der Waals surface area contributed by atoms with Crippen molar-refractivity contribution in [3.8, 4) is 0 Å². The van der Waals surface area contributed by atoms with Crippen molar-refractivity contribution in [2.24, 2.45) is 0 Å². The number of allylic oxidation sites excluding steroid dienone is 4. The molecule has 0 spiro atoms. The van der Waals surface area contributed by atoms with E-state index < -0.39 is 0 Å². The van der Waals surface area contributed by atoms with Gasteiger partial charge in [0, 0.05) is 35.4 Å². The molecule has 3 heteroatoms. The quantitative estimate of drug-likeness (QED) is 0.726. The summed E-state index contributed by atoms with van der Waals surface area (Å²) in [5.74, 6) is 0.162. The number of ketones is 1. The van der Waals surface area contributed by atoms with Crippen LogP contribution in [-0.4, -0.2) is 22.7 Å². The van der Waals surface area contributed by atoms with Crippen LogP contribution < -0.4 is 5.32 Å². The number of hydrogen-bond acceptors (Lipinski definition) is 3. The van der Waals surface area contributed by atoms with Gasteiger partial charge in [-0.25, -0.2) is 0 Å². The second kappa shape index (κ2) is 8.32. The summed E-state index contributed by atoms with van der Waals surface area (Å²) < 4.78 is 0. The minimum absolute atomic E-state index is 0.0161. The summed E-state index contributed by atoms with van der Waals surface area (Å²) in [6.45, 7) is 5.07. The fourth-order valence-electron chi connectivity index (χ4n) is 2.60. The van der Waals surface area contributed by atoms with Crippen LogP contribution in [-0.2, 0) is 11.2 Å². The number of thiocarbonyl (C=S) groups is 1. The highest BCUT2D eigenvalue weighted by atomic mass is 32.1. The summed E-state index contributed by atoms with van der Waals surface area (Å²) in [6.07, 6.45) is 9.04. The Bertz CT molecular complexity index is 614. The highest BCUT2D eigenvalue weighted by Crippen LogP contribution is 2.15. The van der Waals surface area contributed by atoms with Crippen LogP contribution in [0, 0.1) is 0 Å². The zero-order valence-corrected chi connectivity index (χ0v) is 14.8. The van der Waals surface area contributed by atoms with E-state index in [-0.39, 0.29) is 11.3 Å². The molecule has 0 heterocycles. The Morgan fingerprint density at radius 3 is 2.70 bits per heavy atom.